The van der Waals surface area contributed by atoms with Crippen molar-refractivity contribution < 1.29 is 8.94 Å². The highest BCUT2D eigenvalue weighted by atomic mass is 35.5. The fourth-order valence-corrected chi connectivity index (χ4v) is 1.86. The van der Waals surface area contributed by atoms with E-state index < -0.39 is 0 Å². The topological polar surface area (TPSA) is 78.1 Å². The second-order valence-electron chi connectivity index (χ2n) is 3.90. The molecule has 0 spiro atoms. The molecule has 0 bridgehead atoms. The number of rotatable bonds is 3. The molecule has 0 aliphatic heterocycles. The molecule has 0 saturated carbocycles. The lowest BCUT2D eigenvalue weighted by atomic mass is 10.2. The first kappa shape index (κ1) is 12.0. The second-order valence-corrected chi connectivity index (χ2v) is 4.34. The van der Waals surface area contributed by atoms with Gasteiger partial charge in [0.15, 0.2) is 5.76 Å². The van der Waals surface area contributed by atoms with Crippen LogP contribution in [0.2, 0.25) is 5.02 Å². The maximum Gasteiger partial charge on any atom is 0.293 e. The molecule has 0 aliphatic carbocycles. The third kappa shape index (κ3) is 2.38. The van der Waals surface area contributed by atoms with Gasteiger partial charge in [0.25, 0.3) is 5.89 Å². The molecule has 0 radical (unpaired) electrons. The number of nitrogens with zero attached hydrogens (tertiary/aromatic N) is 2. The summed E-state index contributed by atoms with van der Waals surface area (Å²) >= 11 is 5.92. The van der Waals surface area contributed by atoms with Crippen molar-refractivity contribution in [3.63, 3.8) is 0 Å². The Labute approximate surface area is 114 Å². The van der Waals surface area contributed by atoms with Gasteiger partial charge in [0, 0.05) is 10.6 Å². The lowest BCUT2D eigenvalue weighted by molar-refractivity contribution is 0.412. The predicted molar refractivity (Wildman–Crippen MR) is 70.3 cm³/mol. The van der Waals surface area contributed by atoms with E-state index in [1.54, 1.807) is 24.3 Å². The van der Waals surface area contributed by atoms with Gasteiger partial charge in [-0.25, -0.2) is 0 Å². The van der Waals surface area contributed by atoms with Crippen LogP contribution in [-0.2, 0) is 6.54 Å². The number of halogens is 1. The van der Waals surface area contributed by atoms with Crippen molar-refractivity contribution in [3.05, 3.63) is 47.2 Å². The van der Waals surface area contributed by atoms with Crippen LogP contribution in [0.4, 0.5) is 0 Å². The Morgan fingerprint density at radius 2 is 2.11 bits per heavy atom. The van der Waals surface area contributed by atoms with Gasteiger partial charge in [-0.05, 0) is 24.3 Å². The summed E-state index contributed by atoms with van der Waals surface area (Å²) in [6.07, 6.45) is 0. The van der Waals surface area contributed by atoms with Gasteiger partial charge in [0.1, 0.15) is 5.76 Å². The Morgan fingerprint density at radius 1 is 1.21 bits per heavy atom. The maximum atomic E-state index is 5.92. The van der Waals surface area contributed by atoms with Crippen LogP contribution in [0.25, 0.3) is 23.0 Å². The van der Waals surface area contributed by atoms with Gasteiger partial charge in [-0.15, -0.1) is 0 Å². The van der Waals surface area contributed by atoms with E-state index in [0.29, 0.717) is 34.8 Å². The Kier molecular flexibility index (Phi) is 3.06. The van der Waals surface area contributed by atoms with E-state index in [-0.39, 0.29) is 0 Å². The third-order valence-electron chi connectivity index (χ3n) is 2.58. The zero-order valence-corrected chi connectivity index (χ0v) is 10.6. The van der Waals surface area contributed by atoms with E-state index in [2.05, 4.69) is 10.1 Å². The maximum absolute atomic E-state index is 5.92. The number of hydrogen-bond donors (Lipinski definition) is 1. The summed E-state index contributed by atoms with van der Waals surface area (Å²) in [5, 5.41) is 4.52. The highest BCUT2D eigenvalue weighted by Crippen LogP contribution is 2.25. The largest absolute Gasteiger partial charge is 0.455 e. The summed E-state index contributed by atoms with van der Waals surface area (Å²) in [4.78, 5) is 4.27. The monoisotopic (exact) mass is 275 g/mol. The smallest absolute Gasteiger partial charge is 0.293 e. The molecule has 19 heavy (non-hydrogen) atoms. The summed E-state index contributed by atoms with van der Waals surface area (Å²) in [6.45, 7) is 0.329. The molecule has 0 amide bonds. The first-order chi connectivity index (χ1) is 9.26. The minimum atomic E-state index is 0.315. The molecule has 0 aliphatic rings. The van der Waals surface area contributed by atoms with Crippen LogP contribution in [-0.4, -0.2) is 10.1 Å². The van der Waals surface area contributed by atoms with Crippen molar-refractivity contribution in [2.75, 3.05) is 0 Å². The van der Waals surface area contributed by atoms with Crippen molar-refractivity contribution in [3.8, 4) is 23.0 Å². The third-order valence-corrected chi connectivity index (χ3v) is 2.82. The Bertz CT molecular complexity index is 705. The Hall–Kier alpha value is -2.11. The van der Waals surface area contributed by atoms with Crippen molar-refractivity contribution in [1.29, 1.82) is 0 Å². The van der Waals surface area contributed by atoms with Crippen LogP contribution in [0.15, 0.2) is 45.3 Å². The lowest BCUT2D eigenvalue weighted by Crippen LogP contribution is -1.92. The number of furan rings is 1. The van der Waals surface area contributed by atoms with Crippen molar-refractivity contribution in [2.45, 2.75) is 6.54 Å². The highest BCUT2D eigenvalue weighted by Gasteiger charge is 2.13. The number of nitrogens with two attached hydrogens (primary N) is 1. The zero-order valence-electron chi connectivity index (χ0n) is 9.84. The van der Waals surface area contributed by atoms with Crippen LogP contribution < -0.4 is 5.73 Å². The number of hydrogen-bond acceptors (Lipinski definition) is 5. The number of aromatic nitrogens is 2. The van der Waals surface area contributed by atoms with Crippen LogP contribution >= 0.6 is 11.6 Å². The summed E-state index contributed by atoms with van der Waals surface area (Å²) in [6, 6.07) is 10.8. The normalized spacial score (nSPS) is 10.8. The highest BCUT2D eigenvalue weighted by molar-refractivity contribution is 6.30. The molecular formula is C13H10ClN3O2. The molecule has 0 saturated heterocycles. The van der Waals surface area contributed by atoms with E-state index >= 15 is 0 Å². The first-order valence-corrected chi connectivity index (χ1v) is 6.03. The molecule has 5 nitrogen and oxygen atoms in total. The quantitative estimate of drug-likeness (QED) is 0.794. The van der Waals surface area contributed by atoms with E-state index in [1.807, 2.05) is 12.1 Å². The van der Waals surface area contributed by atoms with Crippen LogP contribution in [0.5, 0.6) is 0 Å². The van der Waals surface area contributed by atoms with Gasteiger partial charge in [-0.1, -0.05) is 28.9 Å². The molecule has 3 rings (SSSR count). The summed E-state index contributed by atoms with van der Waals surface area (Å²) in [7, 11) is 0. The fourth-order valence-electron chi connectivity index (χ4n) is 1.67. The molecule has 0 unspecified atom stereocenters. The Morgan fingerprint density at radius 3 is 2.84 bits per heavy atom. The zero-order chi connectivity index (χ0) is 13.2. The second kappa shape index (κ2) is 4.87. The SMILES string of the molecule is NCc1ccc(-c2nc(-c3cccc(Cl)c3)no2)o1. The van der Waals surface area contributed by atoms with Crippen molar-refractivity contribution in [1.82, 2.24) is 10.1 Å². The molecule has 6 heteroatoms. The summed E-state index contributed by atoms with van der Waals surface area (Å²) < 4.78 is 10.6. The molecule has 96 valence electrons. The van der Waals surface area contributed by atoms with Crippen LogP contribution in [0.3, 0.4) is 0 Å². The van der Waals surface area contributed by atoms with E-state index in [1.165, 1.54) is 0 Å². The Balaban J connectivity index is 1.95. The average molecular weight is 276 g/mol. The van der Waals surface area contributed by atoms with Crippen molar-refractivity contribution >= 4 is 11.6 Å². The van der Waals surface area contributed by atoms with E-state index in [4.69, 9.17) is 26.3 Å². The van der Waals surface area contributed by atoms with Crippen LogP contribution in [0.1, 0.15) is 5.76 Å². The molecule has 2 N–H and O–H groups in total. The molecule has 0 atom stereocenters. The predicted octanol–water partition coefficient (Wildman–Crippen LogP) is 3.11. The number of benzene rings is 1. The molecule has 1 aromatic carbocycles. The van der Waals surface area contributed by atoms with Gasteiger partial charge in [-0.3, -0.25) is 0 Å². The molecule has 2 heterocycles. The fraction of sp³-hybridized carbons (Fsp3) is 0.0769. The molecule has 0 fully saturated rings. The van der Waals surface area contributed by atoms with Crippen molar-refractivity contribution in [2.24, 2.45) is 5.73 Å². The van der Waals surface area contributed by atoms with E-state index in [9.17, 15) is 0 Å². The van der Waals surface area contributed by atoms with Gasteiger partial charge in [0.05, 0.1) is 6.54 Å². The lowest BCUT2D eigenvalue weighted by Gasteiger charge is -1.93. The average Bonchev–Trinajstić information content (AvgIpc) is 3.07. The minimum Gasteiger partial charge on any atom is -0.455 e. The summed E-state index contributed by atoms with van der Waals surface area (Å²) in [5.74, 6) is 1.94. The molecular weight excluding hydrogens is 266 g/mol. The van der Waals surface area contributed by atoms with Crippen LogP contribution in [0, 0.1) is 0 Å². The van der Waals surface area contributed by atoms with Gasteiger partial charge in [0.2, 0.25) is 5.82 Å². The van der Waals surface area contributed by atoms with E-state index in [0.717, 1.165) is 5.56 Å². The molecule has 3 aromatic rings. The first-order valence-electron chi connectivity index (χ1n) is 5.65. The standard InChI is InChI=1S/C13H10ClN3O2/c14-9-3-1-2-8(6-9)12-16-13(19-17-12)11-5-4-10(7-15)18-11/h1-6H,7,15H2. The van der Waals surface area contributed by atoms with Gasteiger partial charge >= 0.3 is 0 Å². The van der Waals surface area contributed by atoms with Gasteiger partial charge < -0.3 is 14.7 Å². The minimum absolute atomic E-state index is 0.315. The molecule has 2 aromatic heterocycles. The summed E-state index contributed by atoms with van der Waals surface area (Å²) in [5.41, 5.74) is 6.26. The van der Waals surface area contributed by atoms with Gasteiger partial charge in [-0.2, -0.15) is 4.98 Å².